The van der Waals surface area contributed by atoms with Crippen molar-refractivity contribution in [2.24, 2.45) is 22.6 Å². The van der Waals surface area contributed by atoms with Gasteiger partial charge in [0.05, 0.1) is 6.54 Å². The molecule has 1 aliphatic rings. The number of hydrogen-bond donors (Lipinski definition) is 2. The summed E-state index contributed by atoms with van der Waals surface area (Å²) in [5.74, 6) is 1.92. The van der Waals surface area contributed by atoms with Gasteiger partial charge in [-0.15, -0.1) is 0 Å². The summed E-state index contributed by atoms with van der Waals surface area (Å²) >= 11 is 0. The normalized spacial score (nSPS) is 20.0. The Labute approximate surface area is 141 Å². The van der Waals surface area contributed by atoms with Gasteiger partial charge in [0, 0.05) is 19.6 Å². The van der Waals surface area contributed by atoms with Crippen LogP contribution in [0.1, 0.15) is 44.7 Å². The minimum Gasteiger partial charge on any atom is -0.370 e. The Morgan fingerprint density at radius 2 is 2.09 bits per heavy atom. The summed E-state index contributed by atoms with van der Waals surface area (Å²) < 4.78 is 0. The number of likely N-dealkylation sites (tertiary alicyclic amines) is 1. The van der Waals surface area contributed by atoms with Crippen LogP contribution in [0.15, 0.2) is 29.3 Å². The van der Waals surface area contributed by atoms with Crippen molar-refractivity contribution in [1.29, 1.82) is 0 Å². The van der Waals surface area contributed by atoms with E-state index in [0.717, 1.165) is 19.0 Å². The lowest BCUT2D eigenvalue weighted by Gasteiger charge is -2.31. The molecule has 0 saturated carbocycles. The maximum absolute atomic E-state index is 5.95. The van der Waals surface area contributed by atoms with Crippen molar-refractivity contribution >= 4 is 5.96 Å². The van der Waals surface area contributed by atoms with Gasteiger partial charge in [-0.25, -0.2) is 4.99 Å². The molecular weight excluding hydrogens is 284 g/mol. The maximum atomic E-state index is 5.95. The van der Waals surface area contributed by atoms with Crippen LogP contribution in [0.4, 0.5) is 0 Å². The van der Waals surface area contributed by atoms with Crippen molar-refractivity contribution in [1.82, 2.24) is 10.2 Å². The number of guanidine groups is 1. The lowest BCUT2D eigenvalue weighted by atomic mass is 9.99. The van der Waals surface area contributed by atoms with E-state index in [-0.39, 0.29) is 0 Å². The molecular formula is C19H32N4. The highest BCUT2D eigenvalue weighted by molar-refractivity contribution is 5.77. The van der Waals surface area contributed by atoms with Gasteiger partial charge in [-0.2, -0.15) is 0 Å². The molecule has 1 saturated heterocycles. The molecule has 0 radical (unpaired) electrons. The molecule has 0 bridgehead atoms. The minimum atomic E-state index is 0.542. The van der Waals surface area contributed by atoms with Crippen LogP contribution >= 0.6 is 0 Å². The molecule has 0 aliphatic carbocycles. The zero-order chi connectivity index (χ0) is 16.7. The molecule has 1 fully saturated rings. The van der Waals surface area contributed by atoms with E-state index in [4.69, 9.17) is 5.73 Å². The molecule has 0 amide bonds. The highest BCUT2D eigenvalue weighted by atomic mass is 15.1. The Morgan fingerprint density at radius 1 is 1.35 bits per heavy atom. The number of aliphatic imine (C=N–C) groups is 1. The first-order valence-electron chi connectivity index (χ1n) is 8.87. The van der Waals surface area contributed by atoms with Crippen LogP contribution < -0.4 is 11.1 Å². The van der Waals surface area contributed by atoms with E-state index in [1.807, 2.05) is 0 Å². The van der Waals surface area contributed by atoms with Crippen LogP contribution in [0.25, 0.3) is 0 Å². The van der Waals surface area contributed by atoms with Gasteiger partial charge in [0.1, 0.15) is 0 Å². The largest absolute Gasteiger partial charge is 0.370 e. The quantitative estimate of drug-likeness (QED) is 0.626. The Bertz CT molecular complexity index is 510. The van der Waals surface area contributed by atoms with Crippen molar-refractivity contribution in [3.05, 3.63) is 35.4 Å². The SMILES string of the molecule is CC(C)CNC(N)=NCc1ccccc1CN1CCCC(C)C1. The Hall–Kier alpha value is -1.55. The molecule has 1 unspecified atom stereocenters. The maximum Gasteiger partial charge on any atom is 0.188 e. The van der Waals surface area contributed by atoms with Gasteiger partial charge in [0.15, 0.2) is 5.96 Å². The Morgan fingerprint density at radius 3 is 2.78 bits per heavy atom. The number of piperidine rings is 1. The van der Waals surface area contributed by atoms with Gasteiger partial charge < -0.3 is 11.1 Å². The van der Waals surface area contributed by atoms with E-state index in [2.05, 4.69) is 60.2 Å². The second-order valence-electron chi connectivity index (χ2n) is 7.23. The molecule has 2 rings (SSSR count). The molecule has 4 heteroatoms. The summed E-state index contributed by atoms with van der Waals surface area (Å²) in [5.41, 5.74) is 8.61. The second kappa shape index (κ2) is 8.92. The van der Waals surface area contributed by atoms with E-state index in [0.29, 0.717) is 18.4 Å². The lowest BCUT2D eigenvalue weighted by Crippen LogP contribution is -2.34. The zero-order valence-electron chi connectivity index (χ0n) is 14.9. The fourth-order valence-electron chi connectivity index (χ4n) is 3.07. The Kier molecular flexibility index (Phi) is 6.90. The predicted octanol–water partition coefficient (Wildman–Crippen LogP) is 2.98. The molecule has 23 heavy (non-hydrogen) atoms. The molecule has 4 nitrogen and oxygen atoms in total. The topological polar surface area (TPSA) is 53.6 Å². The first-order valence-corrected chi connectivity index (χ1v) is 8.87. The third-order valence-electron chi connectivity index (χ3n) is 4.36. The van der Waals surface area contributed by atoms with Gasteiger partial charge in [0.25, 0.3) is 0 Å². The van der Waals surface area contributed by atoms with E-state index in [1.165, 1.54) is 37.1 Å². The molecule has 3 N–H and O–H groups in total. The zero-order valence-corrected chi connectivity index (χ0v) is 14.9. The second-order valence-corrected chi connectivity index (χ2v) is 7.23. The van der Waals surface area contributed by atoms with E-state index in [1.54, 1.807) is 0 Å². The highest BCUT2D eigenvalue weighted by Crippen LogP contribution is 2.19. The summed E-state index contributed by atoms with van der Waals surface area (Å²) in [4.78, 5) is 7.07. The average molecular weight is 316 g/mol. The van der Waals surface area contributed by atoms with Crippen LogP contribution in [0.3, 0.4) is 0 Å². The number of nitrogens with two attached hydrogens (primary N) is 1. The van der Waals surface area contributed by atoms with Crippen LogP contribution in [-0.4, -0.2) is 30.5 Å². The van der Waals surface area contributed by atoms with Gasteiger partial charge >= 0.3 is 0 Å². The summed E-state index contributed by atoms with van der Waals surface area (Å²) in [6, 6.07) is 8.60. The van der Waals surface area contributed by atoms with Gasteiger partial charge in [-0.3, -0.25) is 4.90 Å². The summed E-state index contributed by atoms with van der Waals surface area (Å²) in [5, 5.41) is 3.18. The lowest BCUT2D eigenvalue weighted by molar-refractivity contribution is 0.176. The molecule has 1 aromatic carbocycles. The molecule has 1 heterocycles. The van der Waals surface area contributed by atoms with Crippen LogP contribution in [0.5, 0.6) is 0 Å². The number of benzene rings is 1. The van der Waals surface area contributed by atoms with Gasteiger partial charge in [-0.1, -0.05) is 45.0 Å². The van der Waals surface area contributed by atoms with Crippen molar-refractivity contribution in [3.8, 4) is 0 Å². The number of nitrogens with zero attached hydrogens (tertiary/aromatic N) is 2. The first kappa shape index (κ1) is 17.8. The monoisotopic (exact) mass is 316 g/mol. The Balaban J connectivity index is 1.95. The van der Waals surface area contributed by atoms with Crippen molar-refractivity contribution in [2.75, 3.05) is 19.6 Å². The fraction of sp³-hybridized carbons (Fsp3) is 0.632. The summed E-state index contributed by atoms with van der Waals surface area (Å²) in [7, 11) is 0. The van der Waals surface area contributed by atoms with Gasteiger partial charge in [0.2, 0.25) is 0 Å². The predicted molar refractivity (Wildman–Crippen MR) is 98.3 cm³/mol. The van der Waals surface area contributed by atoms with E-state index >= 15 is 0 Å². The molecule has 1 aliphatic heterocycles. The number of hydrogen-bond acceptors (Lipinski definition) is 2. The standard InChI is InChI=1S/C19H32N4/c1-15(2)11-21-19(20)22-12-17-8-4-5-9-18(17)14-23-10-6-7-16(3)13-23/h4-5,8-9,15-16H,6-7,10-14H2,1-3H3,(H3,20,21,22). The molecule has 128 valence electrons. The van der Waals surface area contributed by atoms with E-state index < -0.39 is 0 Å². The third kappa shape index (κ3) is 6.22. The van der Waals surface area contributed by atoms with E-state index in [9.17, 15) is 0 Å². The fourth-order valence-corrected chi connectivity index (χ4v) is 3.07. The third-order valence-corrected chi connectivity index (χ3v) is 4.36. The molecule has 1 atom stereocenters. The average Bonchev–Trinajstić information content (AvgIpc) is 2.52. The van der Waals surface area contributed by atoms with Crippen LogP contribution in [-0.2, 0) is 13.1 Å². The first-order chi connectivity index (χ1) is 11.0. The van der Waals surface area contributed by atoms with Gasteiger partial charge in [-0.05, 0) is 42.3 Å². The summed E-state index contributed by atoms with van der Waals surface area (Å²) in [6.07, 6.45) is 2.67. The van der Waals surface area contributed by atoms with Crippen LogP contribution in [0.2, 0.25) is 0 Å². The van der Waals surface area contributed by atoms with Crippen molar-refractivity contribution < 1.29 is 0 Å². The number of rotatable bonds is 6. The molecule has 0 aromatic heterocycles. The minimum absolute atomic E-state index is 0.542. The van der Waals surface area contributed by atoms with Crippen LogP contribution in [0, 0.1) is 11.8 Å². The van der Waals surface area contributed by atoms with Crippen molar-refractivity contribution in [3.63, 3.8) is 0 Å². The smallest absolute Gasteiger partial charge is 0.188 e. The highest BCUT2D eigenvalue weighted by Gasteiger charge is 2.17. The molecule has 0 spiro atoms. The molecule has 1 aromatic rings. The number of nitrogens with one attached hydrogen (secondary N) is 1. The van der Waals surface area contributed by atoms with Crippen molar-refractivity contribution in [2.45, 2.75) is 46.7 Å². The summed E-state index contributed by atoms with van der Waals surface area (Å²) in [6.45, 7) is 11.6.